The summed E-state index contributed by atoms with van der Waals surface area (Å²) in [6, 6.07) is 11.9. The lowest BCUT2D eigenvalue weighted by Crippen LogP contribution is -2.23. The van der Waals surface area contributed by atoms with Crippen molar-refractivity contribution in [2.45, 2.75) is 6.42 Å². The van der Waals surface area contributed by atoms with Gasteiger partial charge in [-0.25, -0.2) is 0 Å². The van der Waals surface area contributed by atoms with Crippen LogP contribution in [0.15, 0.2) is 36.4 Å². The van der Waals surface area contributed by atoms with E-state index in [0.717, 1.165) is 22.1 Å². The van der Waals surface area contributed by atoms with E-state index in [2.05, 4.69) is 0 Å². The molecule has 0 unspecified atom stereocenters. The van der Waals surface area contributed by atoms with Gasteiger partial charge in [0.2, 0.25) is 5.91 Å². The SMILES string of the molecule is COc1ccc2cccc(CC(=O)N(C)C)c2c1. The number of rotatable bonds is 3. The molecular weight excluding hydrogens is 226 g/mol. The predicted octanol–water partition coefficient (Wildman–Crippen LogP) is 2.48. The summed E-state index contributed by atoms with van der Waals surface area (Å²) in [7, 11) is 5.19. The van der Waals surface area contributed by atoms with Crippen molar-refractivity contribution in [1.82, 2.24) is 4.90 Å². The molecule has 18 heavy (non-hydrogen) atoms. The van der Waals surface area contributed by atoms with Gasteiger partial charge in [0.1, 0.15) is 5.75 Å². The van der Waals surface area contributed by atoms with Gasteiger partial charge in [-0.3, -0.25) is 4.79 Å². The Balaban J connectivity index is 2.46. The number of hydrogen-bond donors (Lipinski definition) is 0. The fourth-order valence-electron chi connectivity index (χ4n) is 1.92. The molecule has 2 rings (SSSR count). The summed E-state index contributed by atoms with van der Waals surface area (Å²) < 4.78 is 5.23. The van der Waals surface area contributed by atoms with Crippen LogP contribution in [0.1, 0.15) is 5.56 Å². The van der Waals surface area contributed by atoms with Crippen LogP contribution in [0, 0.1) is 0 Å². The van der Waals surface area contributed by atoms with Gasteiger partial charge in [-0.05, 0) is 28.5 Å². The Bertz CT molecular complexity index is 576. The maximum absolute atomic E-state index is 11.8. The third-order valence-electron chi connectivity index (χ3n) is 3.02. The second-order valence-electron chi connectivity index (χ2n) is 4.47. The summed E-state index contributed by atoms with van der Waals surface area (Å²) in [5.41, 5.74) is 1.03. The minimum atomic E-state index is 0.102. The lowest BCUT2D eigenvalue weighted by Gasteiger charge is -2.12. The first kappa shape index (κ1) is 12.4. The van der Waals surface area contributed by atoms with Crippen molar-refractivity contribution in [2.75, 3.05) is 21.2 Å². The van der Waals surface area contributed by atoms with Crippen molar-refractivity contribution in [1.29, 1.82) is 0 Å². The number of nitrogens with zero attached hydrogens (tertiary/aromatic N) is 1. The van der Waals surface area contributed by atoms with Gasteiger partial charge in [-0.1, -0.05) is 24.3 Å². The quantitative estimate of drug-likeness (QED) is 0.829. The molecule has 0 saturated heterocycles. The molecule has 0 aliphatic rings. The van der Waals surface area contributed by atoms with E-state index in [9.17, 15) is 4.79 Å². The Labute approximate surface area is 107 Å². The van der Waals surface area contributed by atoms with E-state index in [0.29, 0.717) is 6.42 Å². The van der Waals surface area contributed by atoms with Crippen LogP contribution in [-0.4, -0.2) is 32.0 Å². The Hall–Kier alpha value is -2.03. The second-order valence-corrected chi connectivity index (χ2v) is 4.47. The zero-order valence-corrected chi connectivity index (χ0v) is 10.9. The summed E-state index contributed by atoms with van der Waals surface area (Å²) in [5.74, 6) is 0.914. The Morgan fingerprint density at radius 1 is 1.22 bits per heavy atom. The summed E-state index contributed by atoms with van der Waals surface area (Å²) in [6.07, 6.45) is 0.414. The Morgan fingerprint density at radius 3 is 2.67 bits per heavy atom. The lowest BCUT2D eigenvalue weighted by atomic mass is 10.0. The van der Waals surface area contributed by atoms with Gasteiger partial charge in [-0.15, -0.1) is 0 Å². The van der Waals surface area contributed by atoms with Crippen LogP contribution in [0.5, 0.6) is 5.75 Å². The molecule has 0 saturated carbocycles. The highest BCUT2D eigenvalue weighted by Gasteiger charge is 2.09. The fraction of sp³-hybridized carbons (Fsp3) is 0.267. The predicted molar refractivity (Wildman–Crippen MR) is 72.9 cm³/mol. The van der Waals surface area contributed by atoms with E-state index in [-0.39, 0.29) is 5.91 Å². The number of carbonyl (C=O) groups is 1. The minimum absolute atomic E-state index is 0.102. The van der Waals surface area contributed by atoms with Crippen molar-refractivity contribution in [3.05, 3.63) is 42.0 Å². The lowest BCUT2D eigenvalue weighted by molar-refractivity contribution is -0.127. The van der Waals surface area contributed by atoms with Gasteiger partial charge < -0.3 is 9.64 Å². The summed E-state index contributed by atoms with van der Waals surface area (Å²) in [6.45, 7) is 0. The molecule has 0 heterocycles. The average Bonchev–Trinajstić information content (AvgIpc) is 2.38. The van der Waals surface area contributed by atoms with Gasteiger partial charge in [0.25, 0.3) is 0 Å². The van der Waals surface area contributed by atoms with E-state index in [1.54, 1.807) is 26.1 Å². The van der Waals surface area contributed by atoms with E-state index in [4.69, 9.17) is 4.74 Å². The summed E-state index contributed by atoms with van der Waals surface area (Å²) >= 11 is 0. The molecule has 0 fully saturated rings. The number of hydrogen-bond acceptors (Lipinski definition) is 2. The van der Waals surface area contributed by atoms with Crippen molar-refractivity contribution in [3.63, 3.8) is 0 Å². The molecule has 0 aliphatic carbocycles. The molecule has 0 bridgehead atoms. The molecule has 2 aromatic carbocycles. The van der Waals surface area contributed by atoms with Crippen LogP contribution in [0.3, 0.4) is 0 Å². The maximum Gasteiger partial charge on any atom is 0.226 e. The number of fused-ring (bicyclic) bond motifs is 1. The highest BCUT2D eigenvalue weighted by Crippen LogP contribution is 2.24. The largest absolute Gasteiger partial charge is 0.497 e. The van der Waals surface area contributed by atoms with Gasteiger partial charge in [0.15, 0.2) is 0 Å². The second kappa shape index (κ2) is 5.08. The molecule has 2 aromatic rings. The molecule has 0 aromatic heterocycles. The van der Waals surface area contributed by atoms with Crippen molar-refractivity contribution in [3.8, 4) is 5.75 Å². The number of benzene rings is 2. The van der Waals surface area contributed by atoms with Crippen molar-refractivity contribution >= 4 is 16.7 Å². The van der Waals surface area contributed by atoms with Crippen LogP contribution in [0.4, 0.5) is 0 Å². The van der Waals surface area contributed by atoms with Gasteiger partial charge in [-0.2, -0.15) is 0 Å². The third kappa shape index (κ3) is 2.45. The van der Waals surface area contributed by atoms with Crippen LogP contribution in [-0.2, 0) is 11.2 Å². The van der Waals surface area contributed by atoms with E-state index >= 15 is 0 Å². The van der Waals surface area contributed by atoms with Gasteiger partial charge in [0.05, 0.1) is 13.5 Å². The first-order valence-corrected chi connectivity index (χ1v) is 5.87. The summed E-state index contributed by atoms with van der Waals surface area (Å²) in [5, 5.41) is 2.20. The molecule has 1 amide bonds. The number of ether oxygens (including phenoxy) is 1. The molecule has 0 aliphatic heterocycles. The molecule has 3 nitrogen and oxygen atoms in total. The van der Waals surface area contributed by atoms with Crippen LogP contribution < -0.4 is 4.74 Å². The molecular formula is C15H17NO2. The van der Waals surface area contributed by atoms with E-state index < -0.39 is 0 Å². The number of methoxy groups -OCH3 is 1. The smallest absolute Gasteiger partial charge is 0.226 e. The third-order valence-corrected chi connectivity index (χ3v) is 3.02. The highest BCUT2D eigenvalue weighted by atomic mass is 16.5. The van der Waals surface area contributed by atoms with E-state index in [1.165, 1.54) is 0 Å². The highest BCUT2D eigenvalue weighted by molar-refractivity contribution is 5.91. The van der Waals surface area contributed by atoms with Crippen LogP contribution in [0.2, 0.25) is 0 Å². The number of likely N-dealkylation sites (N-methyl/N-ethyl adjacent to an activating group) is 1. The number of amides is 1. The zero-order chi connectivity index (χ0) is 13.1. The van der Waals surface area contributed by atoms with Gasteiger partial charge >= 0.3 is 0 Å². The standard InChI is InChI=1S/C15H17NO2/c1-16(2)15(17)9-12-6-4-5-11-7-8-13(18-3)10-14(11)12/h4-8,10H,9H2,1-3H3. The van der Waals surface area contributed by atoms with Crippen molar-refractivity contribution < 1.29 is 9.53 Å². The molecule has 3 heteroatoms. The maximum atomic E-state index is 11.8. The summed E-state index contributed by atoms with van der Waals surface area (Å²) in [4.78, 5) is 13.4. The van der Waals surface area contributed by atoms with E-state index in [1.807, 2.05) is 36.4 Å². The molecule has 94 valence electrons. The first-order valence-electron chi connectivity index (χ1n) is 5.87. The normalized spacial score (nSPS) is 10.4. The Morgan fingerprint density at radius 2 is 2.00 bits per heavy atom. The van der Waals surface area contributed by atoms with Crippen LogP contribution in [0.25, 0.3) is 10.8 Å². The van der Waals surface area contributed by atoms with Crippen LogP contribution >= 0.6 is 0 Å². The molecule has 0 radical (unpaired) electrons. The molecule has 0 N–H and O–H groups in total. The van der Waals surface area contributed by atoms with Gasteiger partial charge in [0, 0.05) is 14.1 Å². The topological polar surface area (TPSA) is 29.5 Å². The average molecular weight is 243 g/mol. The number of carbonyl (C=O) groups excluding carboxylic acids is 1. The monoisotopic (exact) mass is 243 g/mol. The Kier molecular flexibility index (Phi) is 3.51. The first-order chi connectivity index (χ1) is 8.61. The molecule has 0 spiro atoms. The van der Waals surface area contributed by atoms with Crippen molar-refractivity contribution in [2.24, 2.45) is 0 Å². The zero-order valence-electron chi connectivity index (χ0n) is 10.9. The minimum Gasteiger partial charge on any atom is -0.497 e. The fourth-order valence-corrected chi connectivity index (χ4v) is 1.92. The molecule has 0 atom stereocenters.